The van der Waals surface area contributed by atoms with Crippen LogP contribution in [0.1, 0.15) is 29.4 Å². The highest BCUT2D eigenvalue weighted by Gasteiger charge is 2.27. The number of hydrogen-bond acceptors (Lipinski definition) is 3. The SMILES string of the molecule is Cc1cn[nH]c1C1CCN(Cc2nc3ccccc3n2C)C1. The summed E-state index contributed by atoms with van der Waals surface area (Å²) in [7, 11) is 2.11. The van der Waals surface area contributed by atoms with Crippen molar-refractivity contribution in [2.24, 2.45) is 7.05 Å². The van der Waals surface area contributed by atoms with Crippen LogP contribution in [0.25, 0.3) is 11.0 Å². The molecule has 1 aromatic carbocycles. The summed E-state index contributed by atoms with van der Waals surface area (Å²) in [6, 6.07) is 8.33. The van der Waals surface area contributed by atoms with Crippen LogP contribution in [-0.2, 0) is 13.6 Å². The molecule has 1 atom stereocenters. The Morgan fingerprint density at radius 1 is 1.32 bits per heavy atom. The van der Waals surface area contributed by atoms with Crippen molar-refractivity contribution >= 4 is 11.0 Å². The fourth-order valence-corrected chi connectivity index (χ4v) is 3.52. The Morgan fingerprint density at radius 3 is 2.95 bits per heavy atom. The molecule has 1 N–H and O–H groups in total. The number of imidazole rings is 1. The van der Waals surface area contributed by atoms with E-state index in [0.29, 0.717) is 5.92 Å². The van der Waals surface area contributed by atoms with Crippen molar-refractivity contribution in [2.75, 3.05) is 13.1 Å². The molecule has 2 aromatic heterocycles. The summed E-state index contributed by atoms with van der Waals surface area (Å²) >= 11 is 0. The summed E-state index contributed by atoms with van der Waals surface area (Å²) in [5.41, 5.74) is 4.86. The molecular formula is C17H21N5. The molecule has 5 nitrogen and oxygen atoms in total. The monoisotopic (exact) mass is 295 g/mol. The Labute approximate surface area is 130 Å². The van der Waals surface area contributed by atoms with Crippen LogP contribution in [-0.4, -0.2) is 37.7 Å². The molecule has 22 heavy (non-hydrogen) atoms. The Bertz CT molecular complexity index is 800. The van der Waals surface area contributed by atoms with Crippen LogP contribution in [0.4, 0.5) is 0 Å². The van der Waals surface area contributed by atoms with E-state index >= 15 is 0 Å². The summed E-state index contributed by atoms with van der Waals surface area (Å²) in [4.78, 5) is 7.27. The van der Waals surface area contributed by atoms with Crippen LogP contribution >= 0.6 is 0 Å². The summed E-state index contributed by atoms with van der Waals surface area (Å²) in [6.07, 6.45) is 3.11. The maximum Gasteiger partial charge on any atom is 0.123 e. The summed E-state index contributed by atoms with van der Waals surface area (Å²) < 4.78 is 2.21. The minimum absolute atomic E-state index is 0.567. The molecule has 3 heterocycles. The number of para-hydroxylation sites is 2. The second-order valence-corrected chi connectivity index (χ2v) is 6.26. The molecule has 0 bridgehead atoms. The third kappa shape index (κ3) is 2.22. The molecule has 1 saturated heterocycles. The van der Waals surface area contributed by atoms with Crippen molar-refractivity contribution in [1.29, 1.82) is 0 Å². The van der Waals surface area contributed by atoms with E-state index in [4.69, 9.17) is 4.98 Å². The van der Waals surface area contributed by atoms with E-state index in [2.05, 4.69) is 51.8 Å². The zero-order chi connectivity index (χ0) is 15.1. The van der Waals surface area contributed by atoms with Gasteiger partial charge in [0.25, 0.3) is 0 Å². The van der Waals surface area contributed by atoms with Gasteiger partial charge in [0.2, 0.25) is 0 Å². The summed E-state index contributed by atoms with van der Waals surface area (Å²) in [5.74, 6) is 1.71. The fraction of sp³-hybridized carbons (Fsp3) is 0.412. The van der Waals surface area contributed by atoms with Gasteiger partial charge < -0.3 is 4.57 Å². The molecule has 0 amide bonds. The van der Waals surface area contributed by atoms with E-state index in [9.17, 15) is 0 Å². The highest BCUT2D eigenvalue weighted by atomic mass is 15.2. The van der Waals surface area contributed by atoms with Gasteiger partial charge in [-0.2, -0.15) is 5.10 Å². The van der Waals surface area contributed by atoms with Crippen molar-refractivity contribution < 1.29 is 0 Å². The van der Waals surface area contributed by atoms with Crippen molar-refractivity contribution in [1.82, 2.24) is 24.6 Å². The molecular weight excluding hydrogens is 274 g/mol. The zero-order valence-corrected chi connectivity index (χ0v) is 13.1. The quantitative estimate of drug-likeness (QED) is 0.808. The topological polar surface area (TPSA) is 49.7 Å². The number of aromatic amines is 1. The average molecular weight is 295 g/mol. The zero-order valence-electron chi connectivity index (χ0n) is 13.1. The van der Waals surface area contributed by atoms with Gasteiger partial charge in [0.15, 0.2) is 0 Å². The fourth-order valence-electron chi connectivity index (χ4n) is 3.52. The number of rotatable bonds is 3. The van der Waals surface area contributed by atoms with Gasteiger partial charge >= 0.3 is 0 Å². The normalized spacial score (nSPS) is 19.3. The number of H-pyrrole nitrogens is 1. The van der Waals surface area contributed by atoms with Crippen LogP contribution in [0.15, 0.2) is 30.5 Å². The second-order valence-electron chi connectivity index (χ2n) is 6.26. The van der Waals surface area contributed by atoms with E-state index < -0.39 is 0 Å². The molecule has 1 fully saturated rings. The molecule has 5 heteroatoms. The maximum atomic E-state index is 4.78. The highest BCUT2D eigenvalue weighted by molar-refractivity contribution is 5.75. The first-order chi connectivity index (χ1) is 10.7. The number of hydrogen-bond donors (Lipinski definition) is 1. The number of benzene rings is 1. The van der Waals surface area contributed by atoms with Crippen LogP contribution in [0, 0.1) is 6.92 Å². The van der Waals surface area contributed by atoms with Crippen molar-refractivity contribution in [3.8, 4) is 0 Å². The van der Waals surface area contributed by atoms with Crippen LogP contribution in [0.2, 0.25) is 0 Å². The molecule has 3 aromatic rings. The molecule has 1 aliphatic heterocycles. The molecule has 1 unspecified atom stereocenters. The lowest BCUT2D eigenvalue weighted by atomic mass is 10.0. The van der Waals surface area contributed by atoms with Crippen LogP contribution in [0.5, 0.6) is 0 Å². The minimum atomic E-state index is 0.567. The molecule has 4 rings (SSSR count). The Hall–Kier alpha value is -2.14. The first-order valence-corrected chi connectivity index (χ1v) is 7.85. The average Bonchev–Trinajstić information content (AvgIpc) is 3.21. The predicted molar refractivity (Wildman–Crippen MR) is 86.7 cm³/mol. The molecule has 0 spiro atoms. The van der Waals surface area contributed by atoms with Crippen molar-refractivity contribution in [3.05, 3.63) is 47.5 Å². The Morgan fingerprint density at radius 2 is 2.18 bits per heavy atom. The van der Waals surface area contributed by atoms with E-state index in [1.54, 1.807) is 0 Å². The molecule has 0 radical (unpaired) electrons. The van der Waals surface area contributed by atoms with Gasteiger partial charge in [0, 0.05) is 25.2 Å². The van der Waals surface area contributed by atoms with Gasteiger partial charge in [-0.3, -0.25) is 10.00 Å². The minimum Gasteiger partial charge on any atom is -0.330 e. The van der Waals surface area contributed by atoms with E-state index in [-0.39, 0.29) is 0 Å². The van der Waals surface area contributed by atoms with Crippen LogP contribution < -0.4 is 0 Å². The third-order valence-corrected chi connectivity index (χ3v) is 4.79. The first kappa shape index (κ1) is 13.5. The van der Waals surface area contributed by atoms with Gasteiger partial charge in [-0.25, -0.2) is 4.98 Å². The second kappa shape index (κ2) is 5.25. The Kier molecular flexibility index (Phi) is 3.22. The van der Waals surface area contributed by atoms with E-state index in [1.807, 2.05) is 12.3 Å². The lowest BCUT2D eigenvalue weighted by molar-refractivity contribution is 0.314. The number of nitrogens with zero attached hydrogens (tertiary/aromatic N) is 4. The lowest BCUT2D eigenvalue weighted by Crippen LogP contribution is -2.22. The molecule has 0 aliphatic carbocycles. The van der Waals surface area contributed by atoms with Gasteiger partial charge in [-0.1, -0.05) is 12.1 Å². The number of nitrogens with one attached hydrogen (secondary N) is 1. The number of aryl methyl sites for hydroxylation is 2. The van der Waals surface area contributed by atoms with Gasteiger partial charge in [-0.15, -0.1) is 0 Å². The predicted octanol–water partition coefficient (Wildman–Crippen LogP) is 2.59. The molecule has 1 aliphatic rings. The smallest absolute Gasteiger partial charge is 0.123 e. The maximum absolute atomic E-state index is 4.78. The standard InChI is InChI=1S/C17H21N5/c1-12-9-18-20-17(12)13-7-8-22(10-13)11-16-19-14-5-3-4-6-15(14)21(16)2/h3-6,9,13H,7-8,10-11H2,1-2H3,(H,18,20). The van der Waals surface area contributed by atoms with Gasteiger partial charge in [-0.05, 0) is 37.6 Å². The van der Waals surface area contributed by atoms with Crippen molar-refractivity contribution in [3.63, 3.8) is 0 Å². The number of likely N-dealkylation sites (tertiary alicyclic amines) is 1. The molecule has 0 saturated carbocycles. The third-order valence-electron chi connectivity index (χ3n) is 4.79. The summed E-state index contributed by atoms with van der Waals surface area (Å²) in [6.45, 7) is 5.24. The highest BCUT2D eigenvalue weighted by Crippen LogP contribution is 2.28. The van der Waals surface area contributed by atoms with E-state index in [1.165, 1.54) is 23.2 Å². The largest absolute Gasteiger partial charge is 0.330 e. The van der Waals surface area contributed by atoms with Gasteiger partial charge in [0.1, 0.15) is 5.82 Å². The lowest BCUT2D eigenvalue weighted by Gasteiger charge is -2.15. The molecule has 114 valence electrons. The first-order valence-electron chi connectivity index (χ1n) is 7.85. The van der Waals surface area contributed by atoms with Crippen molar-refractivity contribution in [2.45, 2.75) is 25.8 Å². The Balaban J connectivity index is 1.52. The number of fused-ring (bicyclic) bond motifs is 1. The number of aromatic nitrogens is 4. The van der Waals surface area contributed by atoms with Gasteiger partial charge in [0.05, 0.1) is 23.8 Å². The van der Waals surface area contributed by atoms with E-state index in [0.717, 1.165) is 31.0 Å². The summed E-state index contributed by atoms with van der Waals surface area (Å²) in [5, 5.41) is 7.33. The van der Waals surface area contributed by atoms with Crippen LogP contribution in [0.3, 0.4) is 0 Å².